The Morgan fingerprint density at radius 2 is 1.88 bits per heavy atom. The lowest BCUT2D eigenvalue weighted by Crippen LogP contribution is -2.40. The summed E-state index contributed by atoms with van der Waals surface area (Å²) in [7, 11) is 0. The highest BCUT2D eigenvalue weighted by molar-refractivity contribution is 5.32. The summed E-state index contributed by atoms with van der Waals surface area (Å²) in [6.45, 7) is 8.35. The van der Waals surface area contributed by atoms with Gasteiger partial charge in [0.05, 0.1) is 19.3 Å². The molecule has 0 amide bonds. The van der Waals surface area contributed by atoms with Crippen LogP contribution in [0.2, 0.25) is 0 Å². The molecule has 4 rings (SSSR count). The fourth-order valence-electron chi connectivity index (χ4n) is 3.86. The van der Waals surface area contributed by atoms with Crippen LogP contribution >= 0.6 is 0 Å². The molecule has 1 aromatic heterocycles. The maximum atomic E-state index is 5.43. The summed E-state index contributed by atoms with van der Waals surface area (Å²) in [5.41, 5.74) is 2.86. The Morgan fingerprint density at radius 3 is 2.71 bits per heavy atom. The van der Waals surface area contributed by atoms with Gasteiger partial charge in [0.1, 0.15) is 0 Å². The molecule has 0 radical (unpaired) electrons. The largest absolute Gasteiger partial charge is 0.379 e. The van der Waals surface area contributed by atoms with Crippen molar-refractivity contribution in [3.8, 4) is 0 Å². The summed E-state index contributed by atoms with van der Waals surface area (Å²) >= 11 is 0. The highest BCUT2D eigenvalue weighted by atomic mass is 16.5. The van der Waals surface area contributed by atoms with Gasteiger partial charge < -0.3 is 4.74 Å². The summed E-state index contributed by atoms with van der Waals surface area (Å²) in [4.78, 5) is 5.10. The lowest BCUT2D eigenvalue weighted by Gasteiger charge is -2.35. The number of hydrogen-bond donors (Lipinski definition) is 0. The number of aromatic nitrogens is 2. The highest BCUT2D eigenvalue weighted by Crippen LogP contribution is 2.29. The van der Waals surface area contributed by atoms with Crippen LogP contribution in [0.3, 0.4) is 0 Å². The van der Waals surface area contributed by atoms with Gasteiger partial charge >= 0.3 is 0 Å². The Hall–Kier alpha value is -1.69. The van der Waals surface area contributed by atoms with Crippen molar-refractivity contribution in [3.05, 3.63) is 53.9 Å². The second kappa shape index (κ2) is 7.47. The summed E-state index contributed by atoms with van der Waals surface area (Å²) in [5, 5.41) is 4.49. The molecular weight excluding hydrogens is 300 g/mol. The van der Waals surface area contributed by atoms with Gasteiger partial charge in [0.2, 0.25) is 0 Å². The maximum absolute atomic E-state index is 5.43. The first kappa shape index (κ1) is 15.8. The van der Waals surface area contributed by atoms with Crippen molar-refractivity contribution in [2.24, 2.45) is 0 Å². The zero-order valence-corrected chi connectivity index (χ0v) is 14.2. The molecule has 1 atom stereocenters. The molecule has 0 bridgehead atoms. The lowest BCUT2D eigenvalue weighted by molar-refractivity contribution is 0.0357. The second-order valence-electron chi connectivity index (χ2n) is 6.74. The van der Waals surface area contributed by atoms with Crippen LogP contribution in [0.25, 0.3) is 0 Å². The first-order chi connectivity index (χ1) is 11.9. The van der Waals surface area contributed by atoms with Crippen LogP contribution < -0.4 is 0 Å². The van der Waals surface area contributed by atoms with Gasteiger partial charge in [-0.25, -0.2) is 0 Å². The molecule has 0 saturated carbocycles. The Labute approximate surface area is 143 Å². The van der Waals surface area contributed by atoms with E-state index in [4.69, 9.17) is 4.74 Å². The molecule has 0 unspecified atom stereocenters. The third-order valence-corrected chi connectivity index (χ3v) is 5.14. The first-order valence-corrected chi connectivity index (χ1v) is 8.99. The molecule has 0 spiro atoms. The van der Waals surface area contributed by atoms with E-state index < -0.39 is 0 Å². The van der Waals surface area contributed by atoms with Crippen molar-refractivity contribution in [2.75, 3.05) is 45.9 Å². The number of morpholine rings is 1. The molecule has 0 N–H and O–H groups in total. The third kappa shape index (κ3) is 3.53. The standard InChI is InChI=1S/C19H26N4O/c1-2-6-18-17(5-1)15-22(16-19(18)23-10-3-7-20-23)9-4-8-21-11-13-24-14-12-21/h1-3,5-7,10,19H,4,8-9,11-16H2/t19-/m1/s1. The SMILES string of the molecule is c1ccc2c(c1)CN(CCCN1CCOCC1)C[C@H]2n1cccn1. The number of benzene rings is 1. The van der Waals surface area contributed by atoms with Crippen LogP contribution in [-0.2, 0) is 11.3 Å². The van der Waals surface area contributed by atoms with Crippen LogP contribution in [-0.4, -0.2) is 65.5 Å². The number of ether oxygens (including phenoxy) is 1. The summed E-state index contributed by atoms with van der Waals surface area (Å²) in [6, 6.07) is 11.2. The fraction of sp³-hybridized carbons (Fsp3) is 0.526. The predicted molar refractivity (Wildman–Crippen MR) is 94.0 cm³/mol. The van der Waals surface area contributed by atoms with Gasteiger partial charge in [-0.2, -0.15) is 5.10 Å². The highest BCUT2D eigenvalue weighted by Gasteiger charge is 2.26. The summed E-state index contributed by atoms with van der Waals surface area (Å²) in [5.74, 6) is 0. The number of hydrogen-bond acceptors (Lipinski definition) is 4. The second-order valence-corrected chi connectivity index (χ2v) is 6.74. The van der Waals surface area contributed by atoms with Crippen molar-refractivity contribution in [1.82, 2.24) is 19.6 Å². The van der Waals surface area contributed by atoms with Crippen molar-refractivity contribution in [2.45, 2.75) is 19.0 Å². The van der Waals surface area contributed by atoms with Crippen LogP contribution in [0.15, 0.2) is 42.7 Å². The number of nitrogens with zero attached hydrogens (tertiary/aromatic N) is 4. The van der Waals surface area contributed by atoms with Gasteiger partial charge in [-0.05, 0) is 36.7 Å². The zero-order valence-electron chi connectivity index (χ0n) is 14.2. The molecule has 1 saturated heterocycles. The average molecular weight is 326 g/mol. The maximum Gasteiger partial charge on any atom is 0.0898 e. The van der Waals surface area contributed by atoms with E-state index in [-0.39, 0.29) is 0 Å². The molecule has 2 aromatic rings. The third-order valence-electron chi connectivity index (χ3n) is 5.14. The van der Waals surface area contributed by atoms with E-state index in [1.54, 1.807) is 0 Å². The number of fused-ring (bicyclic) bond motifs is 1. The van der Waals surface area contributed by atoms with E-state index in [0.29, 0.717) is 6.04 Å². The Kier molecular flexibility index (Phi) is 4.92. The van der Waals surface area contributed by atoms with Crippen molar-refractivity contribution in [3.63, 3.8) is 0 Å². The van der Waals surface area contributed by atoms with Gasteiger partial charge in [-0.3, -0.25) is 14.5 Å². The average Bonchev–Trinajstić information content (AvgIpc) is 3.16. The minimum Gasteiger partial charge on any atom is -0.379 e. The Bertz CT molecular complexity index is 637. The monoisotopic (exact) mass is 326 g/mol. The topological polar surface area (TPSA) is 33.5 Å². The molecule has 2 aliphatic rings. The van der Waals surface area contributed by atoms with Crippen LogP contribution in [0, 0.1) is 0 Å². The molecule has 2 aliphatic heterocycles. The molecule has 1 fully saturated rings. The first-order valence-electron chi connectivity index (χ1n) is 8.99. The molecule has 3 heterocycles. The zero-order chi connectivity index (χ0) is 16.2. The smallest absolute Gasteiger partial charge is 0.0898 e. The molecule has 5 nitrogen and oxygen atoms in total. The minimum absolute atomic E-state index is 0.327. The van der Waals surface area contributed by atoms with Gasteiger partial charge in [-0.1, -0.05) is 24.3 Å². The molecule has 1 aromatic carbocycles. The predicted octanol–water partition coefficient (Wildman–Crippen LogP) is 2.01. The quantitative estimate of drug-likeness (QED) is 0.842. The lowest BCUT2D eigenvalue weighted by atomic mass is 9.95. The molecular formula is C19H26N4O. The van der Waals surface area contributed by atoms with Gasteiger partial charge in [0.15, 0.2) is 0 Å². The fourth-order valence-corrected chi connectivity index (χ4v) is 3.86. The van der Waals surface area contributed by atoms with Crippen molar-refractivity contribution in [1.29, 1.82) is 0 Å². The van der Waals surface area contributed by atoms with Crippen molar-refractivity contribution < 1.29 is 4.74 Å². The van der Waals surface area contributed by atoms with Crippen LogP contribution in [0.4, 0.5) is 0 Å². The van der Waals surface area contributed by atoms with E-state index in [0.717, 1.165) is 45.9 Å². The van der Waals surface area contributed by atoms with Crippen LogP contribution in [0.5, 0.6) is 0 Å². The van der Waals surface area contributed by atoms with Gasteiger partial charge in [-0.15, -0.1) is 0 Å². The van der Waals surface area contributed by atoms with Crippen LogP contribution in [0.1, 0.15) is 23.6 Å². The van der Waals surface area contributed by atoms with E-state index in [9.17, 15) is 0 Å². The number of rotatable bonds is 5. The van der Waals surface area contributed by atoms with Gasteiger partial charge in [0, 0.05) is 38.6 Å². The van der Waals surface area contributed by atoms with E-state index >= 15 is 0 Å². The molecule has 128 valence electrons. The molecule has 0 aliphatic carbocycles. The van der Waals surface area contributed by atoms with E-state index in [2.05, 4.69) is 50.0 Å². The normalized spacial score (nSPS) is 22.4. The molecule has 24 heavy (non-hydrogen) atoms. The van der Waals surface area contributed by atoms with E-state index in [1.807, 2.05) is 12.3 Å². The van der Waals surface area contributed by atoms with Crippen molar-refractivity contribution >= 4 is 0 Å². The summed E-state index contributed by atoms with van der Waals surface area (Å²) < 4.78 is 7.53. The summed E-state index contributed by atoms with van der Waals surface area (Å²) in [6.07, 6.45) is 5.17. The van der Waals surface area contributed by atoms with Gasteiger partial charge in [0.25, 0.3) is 0 Å². The Morgan fingerprint density at radius 1 is 1.04 bits per heavy atom. The van der Waals surface area contributed by atoms with E-state index in [1.165, 1.54) is 24.1 Å². The molecule has 5 heteroatoms. The minimum atomic E-state index is 0.327. The Balaban J connectivity index is 1.40.